The first-order chi connectivity index (χ1) is 9.35. The third-order valence-corrected chi connectivity index (χ3v) is 3.49. The van der Waals surface area contributed by atoms with E-state index in [0.717, 1.165) is 31.7 Å². The smallest absolute Gasteiger partial charge is 0.140 e. The fourth-order valence-corrected chi connectivity index (χ4v) is 2.51. The van der Waals surface area contributed by atoms with Gasteiger partial charge in [0.1, 0.15) is 11.8 Å². The van der Waals surface area contributed by atoms with E-state index in [2.05, 4.69) is 40.2 Å². The Labute approximate surface area is 113 Å². The van der Waals surface area contributed by atoms with E-state index in [1.807, 2.05) is 18.2 Å². The van der Waals surface area contributed by atoms with Gasteiger partial charge in [-0.1, -0.05) is 36.4 Å². The van der Waals surface area contributed by atoms with E-state index in [-0.39, 0.29) is 0 Å². The normalized spacial score (nSPS) is 14.7. The molecule has 0 fully saturated rings. The molecular weight excluding hydrogens is 234 g/mol. The second-order valence-corrected chi connectivity index (χ2v) is 4.86. The zero-order valence-electron chi connectivity index (χ0n) is 10.7. The second-order valence-electron chi connectivity index (χ2n) is 4.86. The molecule has 3 rings (SSSR count). The molecule has 0 N–H and O–H groups in total. The van der Waals surface area contributed by atoms with Gasteiger partial charge in [0, 0.05) is 31.7 Å². The lowest BCUT2D eigenvalue weighted by Gasteiger charge is -2.28. The van der Waals surface area contributed by atoms with Gasteiger partial charge in [0.2, 0.25) is 0 Å². The number of nitriles is 1. The summed E-state index contributed by atoms with van der Waals surface area (Å²) < 4.78 is 0. The van der Waals surface area contributed by atoms with Crippen LogP contribution in [0.25, 0.3) is 0 Å². The number of pyridine rings is 1. The van der Waals surface area contributed by atoms with Gasteiger partial charge in [-0.2, -0.15) is 5.26 Å². The number of fused-ring (bicyclic) bond motifs is 1. The topological polar surface area (TPSA) is 39.9 Å². The van der Waals surface area contributed by atoms with Gasteiger partial charge >= 0.3 is 0 Å². The molecule has 0 saturated heterocycles. The highest BCUT2D eigenvalue weighted by Crippen LogP contribution is 2.19. The molecule has 0 radical (unpaired) electrons. The molecule has 0 saturated carbocycles. The van der Waals surface area contributed by atoms with Crippen molar-refractivity contribution in [1.29, 1.82) is 5.26 Å². The van der Waals surface area contributed by atoms with Crippen LogP contribution in [0.15, 0.2) is 42.5 Å². The van der Waals surface area contributed by atoms with Crippen LogP contribution >= 0.6 is 0 Å². The molecule has 1 aliphatic rings. The van der Waals surface area contributed by atoms with E-state index in [4.69, 9.17) is 5.26 Å². The van der Waals surface area contributed by atoms with Crippen LogP contribution in [0, 0.1) is 11.3 Å². The van der Waals surface area contributed by atoms with Gasteiger partial charge in [0.25, 0.3) is 0 Å². The summed E-state index contributed by atoms with van der Waals surface area (Å²) in [6, 6.07) is 16.5. The van der Waals surface area contributed by atoms with E-state index < -0.39 is 0 Å². The second kappa shape index (κ2) is 5.21. The molecule has 2 heterocycles. The summed E-state index contributed by atoms with van der Waals surface area (Å²) in [5.74, 6) is 0. The number of rotatable bonds is 2. The van der Waals surface area contributed by atoms with Crippen LogP contribution in [-0.2, 0) is 19.5 Å². The van der Waals surface area contributed by atoms with Gasteiger partial charge in [0.15, 0.2) is 0 Å². The van der Waals surface area contributed by atoms with Crippen LogP contribution in [0.5, 0.6) is 0 Å². The Morgan fingerprint density at radius 3 is 2.79 bits per heavy atom. The van der Waals surface area contributed by atoms with Crippen LogP contribution in [0.3, 0.4) is 0 Å². The average molecular weight is 249 g/mol. The summed E-state index contributed by atoms with van der Waals surface area (Å²) >= 11 is 0. The maximum atomic E-state index is 8.86. The fraction of sp³-hybridized carbons (Fsp3) is 0.250. The molecule has 2 aromatic rings. The Kier molecular flexibility index (Phi) is 3.26. The maximum absolute atomic E-state index is 8.86. The van der Waals surface area contributed by atoms with Crippen molar-refractivity contribution in [1.82, 2.24) is 9.88 Å². The van der Waals surface area contributed by atoms with Crippen LogP contribution in [0.1, 0.15) is 22.5 Å². The zero-order valence-corrected chi connectivity index (χ0v) is 10.7. The molecule has 3 nitrogen and oxygen atoms in total. The summed E-state index contributed by atoms with van der Waals surface area (Å²) in [7, 11) is 0. The minimum absolute atomic E-state index is 0.523. The van der Waals surface area contributed by atoms with Gasteiger partial charge in [-0.25, -0.2) is 4.98 Å². The number of nitrogens with zero attached hydrogens (tertiary/aromatic N) is 3. The van der Waals surface area contributed by atoms with Crippen molar-refractivity contribution >= 4 is 0 Å². The summed E-state index contributed by atoms with van der Waals surface area (Å²) in [5.41, 5.74) is 4.20. The van der Waals surface area contributed by atoms with Gasteiger partial charge in [-0.05, 0) is 17.2 Å². The summed E-state index contributed by atoms with van der Waals surface area (Å²) in [6.45, 7) is 2.90. The standard InChI is InChI=1S/C16H15N3/c17-10-15-7-6-14-12-19(9-8-16(14)18-15)11-13-4-2-1-3-5-13/h1-7H,8-9,11-12H2. The Balaban J connectivity index is 1.74. The lowest BCUT2D eigenvalue weighted by Crippen LogP contribution is -2.30. The molecule has 1 aliphatic heterocycles. The Bertz CT molecular complexity index is 614. The summed E-state index contributed by atoms with van der Waals surface area (Å²) in [5, 5.41) is 8.86. The number of aromatic nitrogens is 1. The predicted molar refractivity (Wildman–Crippen MR) is 73.2 cm³/mol. The molecule has 0 amide bonds. The first-order valence-corrected chi connectivity index (χ1v) is 6.50. The third kappa shape index (κ3) is 2.64. The molecule has 0 unspecified atom stereocenters. The van der Waals surface area contributed by atoms with E-state index in [1.165, 1.54) is 11.1 Å². The van der Waals surface area contributed by atoms with Gasteiger partial charge in [-0.15, -0.1) is 0 Å². The fourth-order valence-electron chi connectivity index (χ4n) is 2.51. The molecule has 94 valence electrons. The molecule has 19 heavy (non-hydrogen) atoms. The van der Waals surface area contributed by atoms with Crippen molar-refractivity contribution in [2.75, 3.05) is 6.54 Å². The lowest BCUT2D eigenvalue weighted by molar-refractivity contribution is 0.243. The largest absolute Gasteiger partial charge is 0.294 e. The molecule has 1 aromatic carbocycles. The highest BCUT2D eigenvalue weighted by atomic mass is 15.1. The van der Waals surface area contributed by atoms with Crippen molar-refractivity contribution in [3.8, 4) is 6.07 Å². The molecular formula is C16H15N3. The SMILES string of the molecule is N#Cc1ccc2c(n1)CCN(Cc1ccccc1)C2. The Hall–Kier alpha value is -2.18. The van der Waals surface area contributed by atoms with Crippen LogP contribution in [-0.4, -0.2) is 16.4 Å². The zero-order chi connectivity index (χ0) is 13.1. The quantitative estimate of drug-likeness (QED) is 0.821. The van der Waals surface area contributed by atoms with Crippen LogP contribution < -0.4 is 0 Å². The van der Waals surface area contributed by atoms with E-state index in [1.54, 1.807) is 0 Å². The summed E-state index contributed by atoms with van der Waals surface area (Å²) in [6.07, 6.45) is 0.928. The highest BCUT2D eigenvalue weighted by Gasteiger charge is 2.17. The van der Waals surface area contributed by atoms with Crippen molar-refractivity contribution < 1.29 is 0 Å². The molecule has 1 aromatic heterocycles. The number of hydrogen-bond acceptors (Lipinski definition) is 3. The van der Waals surface area contributed by atoms with Gasteiger partial charge in [0.05, 0.1) is 0 Å². The summed E-state index contributed by atoms with van der Waals surface area (Å²) in [4.78, 5) is 6.81. The van der Waals surface area contributed by atoms with E-state index in [0.29, 0.717) is 5.69 Å². The van der Waals surface area contributed by atoms with E-state index >= 15 is 0 Å². The lowest BCUT2D eigenvalue weighted by atomic mass is 10.0. The molecule has 0 bridgehead atoms. The minimum Gasteiger partial charge on any atom is -0.294 e. The van der Waals surface area contributed by atoms with Gasteiger partial charge < -0.3 is 0 Å². The number of hydrogen-bond donors (Lipinski definition) is 0. The minimum atomic E-state index is 0.523. The Morgan fingerprint density at radius 1 is 1.16 bits per heavy atom. The van der Waals surface area contributed by atoms with Crippen molar-refractivity contribution in [2.24, 2.45) is 0 Å². The molecule has 0 atom stereocenters. The molecule has 0 aliphatic carbocycles. The van der Waals surface area contributed by atoms with Crippen molar-refractivity contribution in [2.45, 2.75) is 19.5 Å². The maximum Gasteiger partial charge on any atom is 0.140 e. The highest BCUT2D eigenvalue weighted by molar-refractivity contribution is 5.30. The first kappa shape index (κ1) is 11.9. The first-order valence-electron chi connectivity index (χ1n) is 6.50. The third-order valence-electron chi connectivity index (χ3n) is 3.49. The van der Waals surface area contributed by atoms with Crippen LogP contribution in [0.2, 0.25) is 0 Å². The van der Waals surface area contributed by atoms with Crippen LogP contribution in [0.4, 0.5) is 0 Å². The van der Waals surface area contributed by atoms with Crippen molar-refractivity contribution in [3.05, 3.63) is 65.0 Å². The van der Waals surface area contributed by atoms with Crippen molar-refractivity contribution in [3.63, 3.8) is 0 Å². The van der Waals surface area contributed by atoms with Gasteiger partial charge in [-0.3, -0.25) is 4.90 Å². The monoisotopic (exact) mass is 249 g/mol. The molecule has 0 spiro atoms. The Morgan fingerprint density at radius 2 is 2.00 bits per heavy atom. The van der Waals surface area contributed by atoms with E-state index in [9.17, 15) is 0 Å². The predicted octanol–water partition coefficient (Wildman–Crippen LogP) is 2.51. The number of benzene rings is 1. The average Bonchev–Trinajstić information content (AvgIpc) is 2.48. The molecule has 3 heteroatoms.